The molecule has 0 aliphatic rings. The minimum absolute atomic E-state index is 0. The van der Waals surface area contributed by atoms with Crippen LogP contribution in [0.2, 0.25) is 0 Å². The van der Waals surface area contributed by atoms with E-state index in [0.29, 0.717) is 37.6 Å². The van der Waals surface area contributed by atoms with Crippen LogP contribution in [-0.2, 0) is 11.0 Å². The Bertz CT molecular complexity index is 672. The Morgan fingerprint density at radius 2 is 1.66 bits per heavy atom. The van der Waals surface area contributed by atoms with Gasteiger partial charge in [0, 0.05) is 32.1 Å². The van der Waals surface area contributed by atoms with Crippen molar-refractivity contribution in [1.82, 2.24) is 16.0 Å². The van der Waals surface area contributed by atoms with Gasteiger partial charge in [-0.15, -0.1) is 24.0 Å². The monoisotopic (exact) mass is 528 g/mol. The van der Waals surface area contributed by atoms with E-state index in [-0.39, 0.29) is 35.8 Å². The summed E-state index contributed by atoms with van der Waals surface area (Å²) in [6, 6.07) is 5.44. The van der Waals surface area contributed by atoms with Gasteiger partial charge in [-0.2, -0.15) is 13.2 Å². The molecule has 0 saturated heterocycles. The fourth-order valence-corrected chi connectivity index (χ4v) is 2.44. The van der Waals surface area contributed by atoms with Gasteiger partial charge in [-0.05, 0) is 24.0 Å². The molecule has 0 heterocycles. The number of nitrogens with one attached hydrogen (secondary N) is 3. The van der Waals surface area contributed by atoms with E-state index in [9.17, 15) is 18.0 Å². The summed E-state index contributed by atoms with van der Waals surface area (Å²) in [5.41, 5.74) is -0.400. The van der Waals surface area contributed by atoms with Crippen molar-refractivity contribution in [2.75, 3.05) is 26.7 Å². The summed E-state index contributed by atoms with van der Waals surface area (Å²) in [4.78, 5) is 15.9. The number of hydrogen-bond acceptors (Lipinski definition) is 2. The molecule has 9 heteroatoms. The van der Waals surface area contributed by atoms with E-state index in [2.05, 4.69) is 20.9 Å². The molecule has 166 valence electrons. The summed E-state index contributed by atoms with van der Waals surface area (Å²) < 4.78 is 38.5. The average molecular weight is 528 g/mol. The summed E-state index contributed by atoms with van der Waals surface area (Å²) in [5.74, 6) is 0.535. The van der Waals surface area contributed by atoms with Crippen LogP contribution in [0.15, 0.2) is 29.3 Å². The van der Waals surface area contributed by atoms with Gasteiger partial charge in [0.25, 0.3) is 0 Å². The van der Waals surface area contributed by atoms with Gasteiger partial charge in [-0.3, -0.25) is 9.79 Å². The van der Waals surface area contributed by atoms with Crippen molar-refractivity contribution in [3.05, 3.63) is 35.4 Å². The van der Waals surface area contributed by atoms with Gasteiger partial charge in [0.15, 0.2) is 5.96 Å². The average Bonchev–Trinajstić information content (AvgIpc) is 2.61. The highest BCUT2D eigenvalue weighted by molar-refractivity contribution is 14.0. The zero-order chi connectivity index (χ0) is 21.4. The van der Waals surface area contributed by atoms with Crippen LogP contribution in [0.5, 0.6) is 0 Å². The van der Waals surface area contributed by atoms with Crippen molar-refractivity contribution in [1.29, 1.82) is 0 Å². The van der Waals surface area contributed by atoms with Gasteiger partial charge in [-0.25, -0.2) is 0 Å². The normalized spacial score (nSPS) is 13.3. The second-order valence-corrected chi connectivity index (χ2v) is 7.74. The van der Waals surface area contributed by atoms with E-state index in [1.165, 1.54) is 12.1 Å². The molecule has 29 heavy (non-hydrogen) atoms. The molecule has 0 aromatic heterocycles. The molecule has 1 aromatic carbocycles. The van der Waals surface area contributed by atoms with Gasteiger partial charge < -0.3 is 16.0 Å². The lowest BCUT2D eigenvalue weighted by Crippen LogP contribution is -2.43. The summed E-state index contributed by atoms with van der Waals surface area (Å²) >= 11 is 0. The van der Waals surface area contributed by atoms with Gasteiger partial charge in [-0.1, -0.05) is 45.9 Å². The zero-order valence-corrected chi connectivity index (χ0v) is 19.9. The third-order valence-corrected chi connectivity index (χ3v) is 4.26. The van der Waals surface area contributed by atoms with Crippen LogP contribution in [0.25, 0.3) is 0 Å². The molecule has 1 aromatic rings. The number of halogens is 4. The number of hydrogen-bond donors (Lipinski definition) is 3. The number of aliphatic imine (C=N–C) groups is 1. The Morgan fingerprint density at radius 1 is 1.07 bits per heavy atom. The first-order chi connectivity index (χ1) is 12.9. The van der Waals surface area contributed by atoms with Crippen molar-refractivity contribution in [2.45, 2.75) is 46.2 Å². The van der Waals surface area contributed by atoms with Crippen molar-refractivity contribution in [3.63, 3.8) is 0 Å². The summed E-state index contributed by atoms with van der Waals surface area (Å²) in [6.45, 7) is 8.99. The number of guanidine groups is 1. The quantitative estimate of drug-likeness (QED) is 0.216. The molecule has 0 aliphatic heterocycles. The summed E-state index contributed by atoms with van der Waals surface area (Å²) in [5, 5.41) is 9.07. The fourth-order valence-electron chi connectivity index (χ4n) is 2.44. The second kappa shape index (κ2) is 12.2. The fraction of sp³-hybridized carbons (Fsp3) is 0.600. The minimum Gasteiger partial charge on any atom is -0.356 e. The number of carbonyl (C=O) groups is 1. The molecule has 0 bridgehead atoms. The highest BCUT2D eigenvalue weighted by Gasteiger charge is 2.30. The topological polar surface area (TPSA) is 65.5 Å². The highest BCUT2D eigenvalue weighted by Crippen LogP contribution is 2.31. The summed E-state index contributed by atoms with van der Waals surface area (Å²) in [7, 11) is 1.64. The summed E-state index contributed by atoms with van der Waals surface area (Å²) in [6.07, 6.45) is -3.68. The first kappa shape index (κ1) is 27.5. The van der Waals surface area contributed by atoms with Crippen molar-refractivity contribution < 1.29 is 18.0 Å². The Hall–Kier alpha value is -1.52. The number of carbonyl (C=O) groups excluding carboxylic acids is 1. The van der Waals surface area contributed by atoms with E-state index in [1.54, 1.807) is 13.1 Å². The van der Waals surface area contributed by atoms with Gasteiger partial charge in [0.05, 0.1) is 5.56 Å². The maximum absolute atomic E-state index is 12.8. The number of rotatable bonds is 7. The largest absolute Gasteiger partial charge is 0.416 e. The van der Waals surface area contributed by atoms with Gasteiger partial charge in [0.1, 0.15) is 0 Å². The van der Waals surface area contributed by atoms with Crippen molar-refractivity contribution in [3.8, 4) is 0 Å². The minimum atomic E-state index is -4.33. The zero-order valence-electron chi connectivity index (χ0n) is 17.6. The lowest BCUT2D eigenvalue weighted by Gasteiger charge is -2.19. The van der Waals surface area contributed by atoms with Crippen LogP contribution in [0.1, 0.15) is 51.2 Å². The van der Waals surface area contributed by atoms with Crippen LogP contribution >= 0.6 is 24.0 Å². The first-order valence-corrected chi connectivity index (χ1v) is 9.35. The maximum Gasteiger partial charge on any atom is 0.416 e. The van der Waals surface area contributed by atoms with E-state index >= 15 is 0 Å². The number of amides is 1. The third kappa shape index (κ3) is 10.2. The van der Waals surface area contributed by atoms with Crippen LogP contribution in [0.4, 0.5) is 13.2 Å². The van der Waals surface area contributed by atoms with E-state index < -0.39 is 17.2 Å². The molecule has 5 nitrogen and oxygen atoms in total. The van der Waals surface area contributed by atoms with Crippen LogP contribution in [0, 0.1) is 5.41 Å². The Labute approximate surface area is 188 Å². The van der Waals surface area contributed by atoms with E-state index in [0.717, 1.165) is 6.07 Å². The molecule has 1 atom stereocenters. The van der Waals surface area contributed by atoms with Crippen LogP contribution in [-0.4, -0.2) is 38.5 Å². The molecule has 3 N–H and O–H groups in total. The lowest BCUT2D eigenvalue weighted by atomic mass is 9.96. The number of benzene rings is 1. The molecule has 1 unspecified atom stereocenters. The van der Waals surface area contributed by atoms with Crippen LogP contribution < -0.4 is 16.0 Å². The first-order valence-electron chi connectivity index (χ1n) is 9.35. The molecule has 1 amide bonds. The second-order valence-electron chi connectivity index (χ2n) is 7.74. The Kier molecular flexibility index (Phi) is 11.6. The SMILES string of the molecule is CN=C(NCCNC(=O)C(C)(C)C)NCCC(C)c1cccc(C(F)(F)F)c1.I. The van der Waals surface area contributed by atoms with Crippen molar-refractivity contribution >= 4 is 35.8 Å². The molecular weight excluding hydrogens is 496 g/mol. The Morgan fingerprint density at radius 3 is 2.21 bits per heavy atom. The molecule has 0 radical (unpaired) electrons. The molecule has 0 fully saturated rings. The highest BCUT2D eigenvalue weighted by atomic mass is 127. The van der Waals surface area contributed by atoms with E-state index in [1.807, 2.05) is 27.7 Å². The predicted octanol–water partition coefficient (Wildman–Crippen LogP) is 4.14. The lowest BCUT2D eigenvalue weighted by molar-refractivity contribution is -0.137. The molecule has 0 aliphatic carbocycles. The van der Waals surface area contributed by atoms with E-state index in [4.69, 9.17) is 0 Å². The number of alkyl halides is 3. The van der Waals surface area contributed by atoms with Gasteiger partial charge in [0.2, 0.25) is 5.91 Å². The van der Waals surface area contributed by atoms with Crippen molar-refractivity contribution in [2.24, 2.45) is 10.4 Å². The molecule has 1 rings (SSSR count). The smallest absolute Gasteiger partial charge is 0.356 e. The third-order valence-electron chi connectivity index (χ3n) is 4.26. The standard InChI is InChI=1S/C20H31F3N4O.HI/c1-14(15-7-6-8-16(13-15)20(21,22)23)9-10-26-18(24-5)27-12-11-25-17(28)19(2,3)4;/h6-8,13-14H,9-12H2,1-5H3,(H,25,28)(H2,24,26,27);1H. The molecular formula is C20H32F3IN4O. The predicted molar refractivity (Wildman–Crippen MR) is 122 cm³/mol. The maximum atomic E-state index is 12.8. The molecule has 0 saturated carbocycles. The van der Waals surface area contributed by atoms with Gasteiger partial charge >= 0.3 is 6.18 Å². The number of nitrogens with zero attached hydrogens (tertiary/aromatic N) is 1. The Balaban J connectivity index is 0.00000784. The van der Waals surface area contributed by atoms with Crippen LogP contribution in [0.3, 0.4) is 0 Å². The molecule has 0 spiro atoms.